The highest BCUT2D eigenvalue weighted by atomic mass is 16.2. The Bertz CT molecular complexity index is 560. The molecule has 1 aliphatic carbocycles. The lowest BCUT2D eigenvalue weighted by Crippen LogP contribution is -2.42. The van der Waals surface area contributed by atoms with E-state index < -0.39 is 0 Å². The largest absolute Gasteiger partial charge is 0.366 e. The summed E-state index contributed by atoms with van der Waals surface area (Å²) in [6, 6.07) is 0.416. The number of fused-ring (bicyclic) bond motifs is 1. The fraction of sp³-hybridized carbons (Fsp3) is 0.722. The number of piperidine rings is 1. The number of anilines is 1. The zero-order valence-electron chi connectivity index (χ0n) is 14.2. The van der Waals surface area contributed by atoms with Gasteiger partial charge in [-0.25, -0.2) is 4.98 Å². The van der Waals surface area contributed by atoms with Crippen molar-refractivity contribution in [1.29, 1.82) is 0 Å². The molecule has 4 rings (SSSR count). The van der Waals surface area contributed by atoms with Gasteiger partial charge in [0.05, 0.1) is 12.7 Å². The molecular formula is C18H27N5O. The van der Waals surface area contributed by atoms with Crippen molar-refractivity contribution in [1.82, 2.24) is 19.8 Å². The number of likely N-dealkylation sites (tertiary alicyclic amines) is 2. The Hall–Kier alpha value is -1.69. The Morgan fingerprint density at radius 3 is 2.83 bits per heavy atom. The SMILES string of the molecule is O=C(CN1CCCCC1)N1C[C@@H]2CC[C@@H](Nc3cnccn3)[C@@H]2C1. The van der Waals surface area contributed by atoms with Crippen molar-refractivity contribution >= 4 is 11.7 Å². The first-order chi connectivity index (χ1) is 11.8. The molecule has 0 unspecified atom stereocenters. The second-order valence-electron chi connectivity index (χ2n) is 7.48. The minimum absolute atomic E-state index is 0.324. The summed E-state index contributed by atoms with van der Waals surface area (Å²) in [5.74, 6) is 2.37. The van der Waals surface area contributed by atoms with Gasteiger partial charge in [-0.3, -0.25) is 14.7 Å². The van der Waals surface area contributed by atoms with E-state index in [-0.39, 0.29) is 0 Å². The molecule has 6 heteroatoms. The highest BCUT2D eigenvalue weighted by Crippen LogP contribution is 2.39. The maximum absolute atomic E-state index is 12.7. The van der Waals surface area contributed by atoms with Crippen molar-refractivity contribution in [2.75, 3.05) is 38.0 Å². The van der Waals surface area contributed by atoms with Crippen LogP contribution in [-0.2, 0) is 4.79 Å². The van der Waals surface area contributed by atoms with Crippen LogP contribution in [-0.4, -0.2) is 64.4 Å². The standard InChI is InChI=1S/C18H27N5O/c24-18(13-22-8-2-1-3-9-22)23-11-14-4-5-16(15(14)12-23)21-17-10-19-6-7-20-17/h6-7,10,14-16H,1-5,8-9,11-13H2,(H,20,21)/t14-,15+,16+/m0/s1. The third kappa shape index (κ3) is 3.38. The van der Waals surface area contributed by atoms with E-state index in [2.05, 4.69) is 25.1 Å². The zero-order chi connectivity index (χ0) is 16.4. The summed E-state index contributed by atoms with van der Waals surface area (Å²) in [5.41, 5.74) is 0. The van der Waals surface area contributed by atoms with Crippen molar-refractivity contribution in [3.8, 4) is 0 Å². The average Bonchev–Trinajstić information content (AvgIpc) is 3.19. The highest BCUT2D eigenvalue weighted by Gasteiger charge is 2.44. The van der Waals surface area contributed by atoms with Crippen molar-refractivity contribution in [2.45, 2.75) is 38.1 Å². The van der Waals surface area contributed by atoms with Crippen molar-refractivity contribution < 1.29 is 4.79 Å². The predicted molar refractivity (Wildman–Crippen MR) is 92.5 cm³/mol. The van der Waals surface area contributed by atoms with Gasteiger partial charge in [0.25, 0.3) is 0 Å². The summed E-state index contributed by atoms with van der Waals surface area (Å²) in [4.78, 5) is 25.5. The van der Waals surface area contributed by atoms with Gasteiger partial charge in [-0.2, -0.15) is 0 Å². The van der Waals surface area contributed by atoms with Gasteiger partial charge in [-0.1, -0.05) is 6.42 Å². The number of rotatable bonds is 4. The molecule has 3 aliphatic rings. The van der Waals surface area contributed by atoms with Crippen LogP contribution in [0.2, 0.25) is 0 Å². The Morgan fingerprint density at radius 1 is 1.17 bits per heavy atom. The van der Waals surface area contributed by atoms with Crippen LogP contribution in [0.3, 0.4) is 0 Å². The molecule has 2 aliphatic heterocycles. The van der Waals surface area contributed by atoms with Crippen LogP contribution in [0.25, 0.3) is 0 Å². The second-order valence-corrected chi connectivity index (χ2v) is 7.48. The van der Waals surface area contributed by atoms with Crippen LogP contribution < -0.4 is 5.32 Å². The first kappa shape index (κ1) is 15.8. The topological polar surface area (TPSA) is 61.4 Å². The summed E-state index contributed by atoms with van der Waals surface area (Å²) in [6.45, 7) is 4.62. The molecular weight excluding hydrogens is 302 g/mol. The van der Waals surface area contributed by atoms with Crippen LogP contribution in [0.1, 0.15) is 32.1 Å². The number of hydrogen-bond donors (Lipinski definition) is 1. The summed E-state index contributed by atoms with van der Waals surface area (Å²) >= 11 is 0. The van der Waals surface area contributed by atoms with E-state index in [1.807, 2.05) is 0 Å². The van der Waals surface area contributed by atoms with E-state index in [1.165, 1.54) is 32.1 Å². The van der Waals surface area contributed by atoms with E-state index in [4.69, 9.17) is 0 Å². The van der Waals surface area contributed by atoms with Gasteiger partial charge in [0.15, 0.2) is 0 Å². The third-order valence-electron chi connectivity index (χ3n) is 5.91. The van der Waals surface area contributed by atoms with Gasteiger partial charge in [0.1, 0.15) is 5.82 Å². The maximum atomic E-state index is 12.7. The van der Waals surface area contributed by atoms with E-state index in [1.54, 1.807) is 18.6 Å². The van der Waals surface area contributed by atoms with E-state index in [0.29, 0.717) is 30.3 Å². The number of hydrogen-bond acceptors (Lipinski definition) is 5. The first-order valence-corrected chi connectivity index (χ1v) is 9.32. The summed E-state index contributed by atoms with van der Waals surface area (Å²) in [7, 11) is 0. The van der Waals surface area contributed by atoms with E-state index in [9.17, 15) is 4.79 Å². The van der Waals surface area contributed by atoms with Gasteiger partial charge in [-0.05, 0) is 44.7 Å². The molecule has 1 aromatic heterocycles. The van der Waals surface area contributed by atoms with Gasteiger partial charge >= 0.3 is 0 Å². The van der Waals surface area contributed by atoms with E-state index >= 15 is 0 Å². The van der Waals surface area contributed by atoms with Crippen molar-refractivity contribution in [2.24, 2.45) is 11.8 Å². The van der Waals surface area contributed by atoms with Gasteiger partial charge in [0, 0.05) is 37.4 Å². The van der Waals surface area contributed by atoms with Gasteiger partial charge in [-0.15, -0.1) is 0 Å². The number of amides is 1. The Labute approximate surface area is 143 Å². The molecule has 0 bridgehead atoms. The lowest BCUT2D eigenvalue weighted by molar-refractivity contribution is -0.131. The van der Waals surface area contributed by atoms with Crippen LogP contribution in [0.15, 0.2) is 18.6 Å². The van der Waals surface area contributed by atoms with Crippen LogP contribution in [0.5, 0.6) is 0 Å². The summed E-state index contributed by atoms with van der Waals surface area (Å²) in [6.07, 6.45) is 11.4. The third-order valence-corrected chi connectivity index (χ3v) is 5.91. The molecule has 3 heterocycles. The molecule has 3 fully saturated rings. The molecule has 130 valence electrons. The van der Waals surface area contributed by atoms with Crippen molar-refractivity contribution in [3.05, 3.63) is 18.6 Å². The normalized spacial score (nSPS) is 30.3. The Kier molecular flexibility index (Phi) is 4.65. The smallest absolute Gasteiger partial charge is 0.236 e. The molecule has 1 aromatic rings. The van der Waals surface area contributed by atoms with Gasteiger partial charge < -0.3 is 10.2 Å². The lowest BCUT2D eigenvalue weighted by atomic mass is 9.98. The first-order valence-electron chi connectivity index (χ1n) is 9.32. The summed E-state index contributed by atoms with van der Waals surface area (Å²) in [5, 5.41) is 3.53. The molecule has 0 aromatic carbocycles. The molecule has 2 saturated heterocycles. The number of nitrogens with one attached hydrogen (secondary N) is 1. The molecule has 1 amide bonds. The quantitative estimate of drug-likeness (QED) is 0.909. The number of carbonyl (C=O) groups is 1. The molecule has 6 nitrogen and oxygen atoms in total. The number of nitrogens with zero attached hydrogens (tertiary/aromatic N) is 4. The lowest BCUT2D eigenvalue weighted by Gasteiger charge is -2.28. The van der Waals surface area contributed by atoms with Gasteiger partial charge in [0.2, 0.25) is 5.91 Å². The monoisotopic (exact) mass is 329 g/mol. The zero-order valence-corrected chi connectivity index (χ0v) is 14.2. The van der Waals surface area contributed by atoms with E-state index in [0.717, 1.165) is 32.0 Å². The molecule has 1 N–H and O–H groups in total. The Morgan fingerprint density at radius 2 is 2.04 bits per heavy atom. The second kappa shape index (κ2) is 7.05. The Balaban J connectivity index is 1.32. The molecule has 0 spiro atoms. The molecule has 1 saturated carbocycles. The molecule has 0 radical (unpaired) electrons. The molecule has 24 heavy (non-hydrogen) atoms. The number of aromatic nitrogens is 2. The summed E-state index contributed by atoms with van der Waals surface area (Å²) < 4.78 is 0. The van der Waals surface area contributed by atoms with Crippen LogP contribution in [0, 0.1) is 11.8 Å². The maximum Gasteiger partial charge on any atom is 0.236 e. The highest BCUT2D eigenvalue weighted by molar-refractivity contribution is 5.78. The minimum atomic E-state index is 0.324. The van der Waals surface area contributed by atoms with Crippen LogP contribution >= 0.6 is 0 Å². The molecule has 3 atom stereocenters. The average molecular weight is 329 g/mol. The van der Waals surface area contributed by atoms with Crippen molar-refractivity contribution in [3.63, 3.8) is 0 Å². The van der Waals surface area contributed by atoms with Crippen LogP contribution in [0.4, 0.5) is 5.82 Å². The minimum Gasteiger partial charge on any atom is -0.366 e. The number of carbonyl (C=O) groups excluding carboxylic acids is 1. The predicted octanol–water partition coefficient (Wildman–Crippen LogP) is 1.61. The fourth-order valence-electron chi connectivity index (χ4n) is 4.62. The fourth-order valence-corrected chi connectivity index (χ4v) is 4.62.